The molecule has 6 nitrogen and oxygen atoms in total. The highest BCUT2D eigenvalue weighted by Crippen LogP contribution is 2.63. The number of hydrogen-bond donors (Lipinski definition) is 0. The molecule has 9 rings (SSSR count). The summed E-state index contributed by atoms with van der Waals surface area (Å²) in [5.41, 5.74) is 3.38. The Balaban J connectivity index is 1.24. The van der Waals surface area contributed by atoms with Crippen LogP contribution in [-0.2, 0) is 19.2 Å². The first-order valence-corrected chi connectivity index (χ1v) is 15.8. The first-order valence-electron chi connectivity index (χ1n) is 15.8. The molecule has 0 aromatic heterocycles. The van der Waals surface area contributed by atoms with Crippen molar-refractivity contribution in [3.63, 3.8) is 0 Å². The van der Waals surface area contributed by atoms with Crippen LogP contribution in [0, 0.1) is 41.4 Å². The largest absolute Gasteiger partial charge is 0.279 e. The summed E-state index contributed by atoms with van der Waals surface area (Å²) in [5, 5.41) is 0. The fourth-order valence-corrected chi connectivity index (χ4v) is 9.96. The number of carbonyl (C=O) groups is 4. The van der Waals surface area contributed by atoms with E-state index < -0.39 is 11.8 Å². The van der Waals surface area contributed by atoms with Gasteiger partial charge in [0.05, 0.1) is 23.7 Å². The van der Waals surface area contributed by atoms with Crippen molar-refractivity contribution in [3.8, 4) is 0 Å². The Morgan fingerprint density at radius 1 is 0.575 bits per heavy atom. The van der Waals surface area contributed by atoms with Crippen LogP contribution in [-0.4, -0.2) is 45.5 Å². The Hall–Kier alpha value is -3.02. The summed E-state index contributed by atoms with van der Waals surface area (Å²) in [4.78, 5) is 59.8. The van der Waals surface area contributed by atoms with E-state index in [2.05, 4.69) is 24.3 Å². The summed E-state index contributed by atoms with van der Waals surface area (Å²) in [7, 11) is 0. The molecule has 7 atom stereocenters. The van der Waals surface area contributed by atoms with Crippen LogP contribution in [0.25, 0.3) is 5.57 Å². The van der Waals surface area contributed by atoms with Gasteiger partial charge in [0.1, 0.15) is 0 Å². The molecule has 4 amide bonds. The van der Waals surface area contributed by atoms with Crippen LogP contribution in [0.2, 0.25) is 0 Å². The van der Waals surface area contributed by atoms with Crippen molar-refractivity contribution in [2.45, 2.75) is 82.7 Å². The van der Waals surface area contributed by atoms with Gasteiger partial charge in [-0.2, -0.15) is 0 Å². The molecule has 6 heteroatoms. The Kier molecular flexibility index (Phi) is 5.72. The van der Waals surface area contributed by atoms with Crippen molar-refractivity contribution in [1.29, 1.82) is 0 Å². The summed E-state index contributed by atoms with van der Waals surface area (Å²) in [6, 6.07) is 10.2. The summed E-state index contributed by atoms with van der Waals surface area (Å²) in [6.07, 6.45) is 15.0. The Bertz CT molecular complexity index is 1330. The molecule has 0 radical (unpaired) electrons. The normalized spacial score (nSPS) is 37.9. The molecular formula is C34H38N2O4. The van der Waals surface area contributed by atoms with Crippen LogP contribution < -0.4 is 0 Å². The van der Waals surface area contributed by atoms with Gasteiger partial charge in [0.2, 0.25) is 23.6 Å². The zero-order valence-corrected chi connectivity index (χ0v) is 23.0. The van der Waals surface area contributed by atoms with Gasteiger partial charge in [-0.05, 0) is 49.2 Å². The number of likely N-dealkylation sites (tertiary alicyclic amines) is 2. The van der Waals surface area contributed by atoms with Crippen LogP contribution in [0.15, 0.2) is 48.1 Å². The van der Waals surface area contributed by atoms with Gasteiger partial charge in [-0.1, -0.05) is 86.6 Å². The summed E-state index contributed by atoms with van der Waals surface area (Å²) >= 11 is 0. The standard InChI is InChI=1S/C34H38N2O4/c37-31-25-18-24(19-10-4-1-5-11-19)26-22-16-17-23(27(26)30(25)34(40)35(31)20-12-6-2-7-13-20)29-28(22)32(38)36(33(29)39)21-14-8-3-9-15-21/h1,4-5,10-11,16-17,20-23,25,27-30H,2-3,6-9,12-15,18H2/t22-,23+,25+,27-,28+,29+,30-/m0/s1. The predicted molar refractivity (Wildman–Crippen MR) is 149 cm³/mol. The second-order valence-electron chi connectivity index (χ2n) is 13.4. The minimum Gasteiger partial charge on any atom is -0.279 e. The molecule has 8 aliphatic rings. The molecule has 0 spiro atoms. The van der Waals surface area contributed by atoms with Crippen molar-refractivity contribution in [3.05, 3.63) is 53.6 Å². The molecule has 2 saturated heterocycles. The molecule has 40 heavy (non-hydrogen) atoms. The quantitative estimate of drug-likeness (QED) is 0.394. The van der Waals surface area contributed by atoms with E-state index in [0.717, 1.165) is 68.9 Å². The third-order valence-corrected chi connectivity index (χ3v) is 11.6. The predicted octanol–water partition coefficient (Wildman–Crippen LogP) is 5.14. The number of benzene rings is 1. The molecule has 2 bridgehead atoms. The van der Waals surface area contributed by atoms with Gasteiger partial charge in [-0.3, -0.25) is 29.0 Å². The minimum atomic E-state index is -0.429. The second-order valence-corrected chi connectivity index (χ2v) is 13.4. The van der Waals surface area contributed by atoms with Gasteiger partial charge >= 0.3 is 0 Å². The van der Waals surface area contributed by atoms with E-state index in [9.17, 15) is 19.2 Å². The third-order valence-electron chi connectivity index (χ3n) is 11.6. The Morgan fingerprint density at radius 3 is 1.80 bits per heavy atom. The molecule has 3 saturated carbocycles. The minimum absolute atomic E-state index is 0.000563. The lowest BCUT2D eigenvalue weighted by atomic mass is 9.49. The maximum Gasteiger partial charge on any atom is 0.234 e. The highest BCUT2D eigenvalue weighted by molar-refractivity contribution is 6.09. The van der Waals surface area contributed by atoms with Crippen molar-refractivity contribution in [2.24, 2.45) is 41.4 Å². The van der Waals surface area contributed by atoms with Crippen LogP contribution in [0.1, 0.15) is 76.2 Å². The number of hydrogen-bond acceptors (Lipinski definition) is 4. The Morgan fingerprint density at radius 2 is 1.15 bits per heavy atom. The molecule has 0 N–H and O–H groups in total. The van der Waals surface area contributed by atoms with Crippen LogP contribution in [0.3, 0.4) is 0 Å². The lowest BCUT2D eigenvalue weighted by Gasteiger charge is -2.51. The zero-order chi connectivity index (χ0) is 27.1. The van der Waals surface area contributed by atoms with Gasteiger partial charge < -0.3 is 0 Å². The lowest BCUT2D eigenvalue weighted by molar-refractivity contribution is -0.145. The van der Waals surface area contributed by atoms with Gasteiger partial charge in [-0.25, -0.2) is 0 Å². The van der Waals surface area contributed by atoms with E-state index in [0.29, 0.717) is 6.42 Å². The van der Waals surface area contributed by atoms with E-state index in [4.69, 9.17) is 0 Å². The van der Waals surface area contributed by atoms with Gasteiger partial charge in [-0.15, -0.1) is 0 Å². The molecule has 1 aromatic carbocycles. The first-order chi connectivity index (χ1) is 19.6. The van der Waals surface area contributed by atoms with Gasteiger partial charge in [0.15, 0.2) is 0 Å². The van der Waals surface area contributed by atoms with Gasteiger partial charge in [0.25, 0.3) is 0 Å². The average Bonchev–Trinajstić information content (AvgIpc) is 3.43. The van der Waals surface area contributed by atoms with Crippen molar-refractivity contribution >= 4 is 29.2 Å². The molecule has 5 fully saturated rings. The molecule has 208 valence electrons. The van der Waals surface area contributed by atoms with E-state index in [1.165, 1.54) is 12.0 Å². The number of nitrogens with zero attached hydrogens (tertiary/aromatic N) is 2. The van der Waals surface area contributed by atoms with E-state index >= 15 is 0 Å². The molecule has 1 aromatic rings. The van der Waals surface area contributed by atoms with Crippen LogP contribution >= 0.6 is 0 Å². The lowest BCUT2D eigenvalue weighted by Crippen LogP contribution is -2.51. The van der Waals surface area contributed by atoms with Crippen molar-refractivity contribution in [1.82, 2.24) is 9.80 Å². The number of fused-ring (bicyclic) bond motifs is 1. The number of amides is 4. The number of imide groups is 2. The molecule has 6 aliphatic carbocycles. The summed E-state index contributed by atoms with van der Waals surface area (Å²) in [5.74, 6) is -2.26. The second kappa shape index (κ2) is 9.25. The molecule has 0 unspecified atom stereocenters. The third kappa shape index (κ3) is 3.34. The monoisotopic (exact) mass is 538 g/mol. The molecule has 2 aliphatic heterocycles. The number of carbonyl (C=O) groups excluding carboxylic acids is 4. The topological polar surface area (TPSA) is 74.8 Å². The van der Waals surface area contributed by atoms with E-state index in [1.807, 2.05) is 18.2 Å². The first kappa shape index (κ1) is 24.8. The van der Waals surface area contributed by atoms with E-state index in [1.54, 1.807) is 9.80 Å². The van der Waals surface area contributed by atoms with E-state index in [-0.39, 0.29) is 65.3 Å². The maximum atomic E-state index is 14.3. The zero-order valence-electron chi connectivity index (χ0n) is 23.0. The van der Waals surface area contributed by atoms with Gasteiger partial charge in [0, 0.05) is 23.9 Å². The Labute approximate surface area is 235 Å². The number of rotatable bonds is 3. The summed E-state index contributed by atoms with van der Waals surface area (Å²) < 4.78 is 0. The highest BCUT2D eigenvalue weighted by Gasteiger charge is 2.67. The van der Waals surface area contributed by atoms with Crippen LogP contribution in [0.4, 0.5) is 0 Å². The summed E-state index contributed by atoms with van der Waals surface area (Å²) in [6.45, 7) is 0. The fourth-order valence-electron chi connectivity index (χ4n) is 9.96. The number of allylic oxidation sites excluding steroid dienone is 4. The van der Waals surface area contributed by atoms with Crippen LogP contribution in [0.5, 0.6) is 0 Å². The molecule has 2 heterocycles. The average molecular weight is 539 g/mol. The SMILES string of the molecule is O=C1[C@@H]2[C@@H]3C=C[C@@H](C4=C(c5ccccc5)C[C@H]5C(=O)N(C6CCCCC6)C(=O)[C@@H]5[C@H]43)[C@H]2C(=O)N1C1CCCCC1. The highest BCUT2D eigenvalue weighted by atomic mass is 16.2. The van der Waals surface area contributed by atoms with Crippen molar-refractivity contribution in [2.75, 3.05) is 0 Å². The maximum absolute atomic E-state index is 14.3. The molecular weight excluding hydrogens is 500 g/mol. The fraction of sp³-hybridized carbons (Fsp3) is 0.588. The van der Waals surface area contributed by atoms with Crippen molar-refractivity contribution < 1.29 is 19.2 Å². The smallest absolute Gasteiger partial charge is 0.234 e.